The number of nitrogens with zero attached hydrogens (tertiary/aromatic N) is 2. The Morgan fingerprint density at radius 3 is 2.41 bits per heavy atom. The molecule has 1 aromatic heterocycles. The summed E-state index contributed by atoms with van der Waals surface area (Å²) in [6.45, 7) is 3.63. The predicted molar refractivity (Wildman–Crippen MR) is 69.0 cm³/mol. The van der Waals surface area contributed by atoms with Gasteiger partial charge in [0, 0.05) is 19.8 Å². The van der Waals surface area contributed by atoms with Crippen LogP contribution in [0.3, 0.4) is 0 Å². The van der Waals surface area contributed by atoms with Crippen molar-refractivity contribution in [3.63, 3.8) is 0 Å². The van der Waals surface area contributed by atoms with Crippen molar-refractivity contribution >= 4 is 21.5 Å². The number of nitrogens with one attached hydrogen (secondary N) is 2. The highest BCUT2D eigenvalue weighted by atomic mass is 32.2. The number of rotatable bonds is 5. The van der Waals surface area contributed by atoms with E-state index in [-0.39, 0.29) is 6.54 Å². The number of hydrogen-bond acceptors (Lipinski definition) is 6. The fourth-order valence-electron chi connectivity index (χ4n) is 1.01. The number of sulfone groups is 1. The van der Waals surface area contributed by atoms with E-state index in [1.165, 1.54) is 6.26 Å². The Balaban J connectivity index is 2.74. The number of hydrogen-bond donors (Lipinski definition) is 2. The van der Waals surface area contributed by atoms with E-state index in [0.717, 1.165) is 0 Å². The molecule has 0 aliphatic rings. The lowest BCUT2D eigenvalue weighted by Crippen LogP contribution is -2.38. The molecule has 0 atom stereocenters. The first-order valence-corrected chi connectivity index (χ1v) is 7.09. The minimum absolute atomic E-state index is 0.285. The molecule has 0 radical (unpaired) electrons. The Bertz CT molecular complexity index is 485. The molecule has 2 N–H and O–H groups in total. The van der Waals surface area contributed by atoms with Crippen LogP contribution in [0.1, 0.15) is 13.8 Å². The molecule has 0 aliphatic carbocycles. The monoisotopic (exact) mass is 258 g/mol. The first kappa shape index (κ1) is 13.7. The predicted octanol–water partition coefficient (Wildman–Crippen LogP) is 0.753. The Labute approximate surface area is 102 Å². The van der Waals surface area contributed by atoms with Gasteiger partial charge in [-0.05, 0) is 13.8 Å². The molecule has 0 unspecified atom stereocenters. The first-order valence-electron chi connectivity index (χ1n) is 5.19. The van der Waals surface area contributed by atoms with Crippen molar-refractivity contribution in [1.82, 2.24) is 9.97 Å². The van der Waals surface area contributed by atoms with Gasteiger partial charge in [0.15, 0.2) is 9.84 Å². The highest BCUT2D eigenvalue weighted by Gasteiger charge is 2.29. The van der Waals surface area contributed by atoms with E-state index < -0.39 is 14.6 Å². The highest BCUT2D eigenvalue weighted by molar-refractivity contribution is 7.92. The molecule has 1 rings (SSSR count). The molecule has 0 bridgehead atoms. The number of anilines is 2. The van der Waals surface area contributed by atoms with Gasteiger partial charge in [-0.2, -0.15) is 0 Å². The van der Waals surface area contributed by atoms with Crippen LogP contribution in [0.5, 0.6) is 0 Å². The van der Waals surface area contributed by atoms with Crippen molar-refractivity contribution in [2.24, 2.45) is 0 Å². The summed E-state index contributed by atoms with van der Waals surface area (Å²) in [5.74, 6) is 1.18. The van der Waals surface area contributed by atoms with Gasteiger partial charge in [0.2, 0.25) is 0 Å². The van der Waals surface area contributed by atoms with Gasteiger partial charge in [-0.15, -0.1) is 0 Å². The lowest BCUT2D eigenvalue weighted by atomic mass is 10.2. The normalized spacial score (nSPS) is 12.2. The SMILES string of the molecule is CNc1cncc(NCC(C)(C)S(C)(=O)=O)n1. The maximum atomic E-state index is 11.5. The van der Waals surface area contributed by atoms with Crippen LogP contribution in [0.15, 0.2) is 12.4 Å². The first-order chi connectivity index (χ1) is 7.76. The molecule has 0 aromatic carbocycles. The molecular formula is C10H18N4O2S. The van der Waals surface area contributed by atoms with Crippen LogP contribution >= 0.6 is 0 Å². The van der Waals surface area contributed by atoms with Crippen molar-refractivity contribution in [2.75, 3.05) is 30.5 Å². The maximum absolute atomic E-state index is 11.5. The fraction of sp³-hybridized carbons (Fsp3) is 0.600. The van der Waals surface area contributed by atoms with E-state index in [0.29, 0.717) is 11.6 Å². The van der Waals surface area contributed by atoms with Crippen LogP contribution < -0.4 is 10.6 Å². The van der Waals surface area contributed by atoms with Crippen LogP contribution in [-0.2, 0) is 9.84 Å². The summed E-state index contributed by atoms with van der Waals surface area (Å²) in [5.41, 5.74) is 0. The lowest BCUT2D eigenvalue weighted by molar-refractivity contribution is 0.559. The summed E-state index contributed by atoms with van der Waals surface area (Å²) in [5, 5.41) is 5.84. The van der Waals surface area contributed by atoms with Gasteiger partial charge in [-0.1, -0.05) is 0 Å². The molecule has 1 heterocycles. The molecule has 0 saturated heterocycles. The van der Waals surface area contributed by atoms with Crippen LogP contribution in [-0.4, -0.2) is 43.0 Å². The summed E-state index contributed by atoms with van der Waals surface area (Å²) in [6.07, 6.45) is 4.37. The van der Waals surface area contributed by atoms with Crippen LogP contribution in [0.2, 0.25) is 0 Å². The van der Waals surface area contributed by atoms with Crippen molar-refractivity contribution in [3.8, 4) is 0 Å². The van der Waals surface area contributed by atoms with Gasteiger partial charge in [0.25, 0.3) is 0 Å². The van der Waals surface area contributed by atoms with Crippen molar-refractivity contribution in [3.05, 3.63) is 12.4 Å². The third-order valence-electron chi connectivity index (χ3n) is 2.59. The van der Waals surface area contributed by atoms with Gasteiger partial charge in [0.05, 0.1) is 17.1 Å². The van der Waals surface area contributed by atoms with Crippen LogP contribution in [0.25, 0.3) is 0 Å². The van der Waals surface area contributed by atoms with Crippen molar-refractivity contribution in [2.45, 2.75) is 18.6 Å². The number of aromatic nitrogens is 2. The van der Waals surface area contributed by atoms with E-state index in [9.17, 15) is 8.42 Å². The van der Waals surface area contributed by atoms with E-state index in [1.54, 1.807) is 33.3 Å². The Kier molecular flexibility index (Phi) is 3.92. The zero-order chi connectivity index (χ0) is 13.1. The van der Waals surface area contributed by atoms with Gasteiger partial charge < -0.3 is 10.6 Å². The second-order valence-corrected chi connectivity index (χ2v) is 7.07. The quantitative estimate of drug-likeness (QED) is 0.811. The van der Waals surface area contributed by atoms with Gasteiger partial charge >= 0.3 is 0 Å². The van der Waals surface area contributed by atoms with E-state index >= 15 is 0 Å². The largest absolute Gasteiger partial charge is 0.372 e. The van der Waals surface area contributed by atoms with Crippen LogP contribution in [0, 0.1) is 0 Å². The van der Waals surface area contributed by atoms with E-state index in [1.807, 2.05) is 0 Å². The fourth-order valence-corrected chi connectivity index (χ4v) is 1.34. The average molecular weight is 258 g/mol. The van der Waals surface area contributed by atoms with Gasteiger partial charge in [-0.3, -0.25) is 4.98 Å². The maximum Gasteiger partial charge on any atom is 0.154 e. The zero-order valence-electron chi connectivity index (χ0n) is 10.5. The standard InChI is InChI=1S/C10H18N4O2S/c1-10(2,17(4,15)16)7-13-9-6-12-5-8(11-3)14-9/h5-6H,7H2,1-4H3,(H2,11,13,14). The molecule has 96 valence electrons. The lowest BCUT2D eigenvalue weighted by Gasteiger charge is -2.22. The molecule has 0 fully saturated rings. The molecule has 0 aliphatic heterocycles. The molecular weight excluding hydrogens is 240 g/mol. The second kappa shape index (κ2) is 4.87. The average Bonchev–Trinajstić information content (AvgIpc) is 2.25. The molecule has 17 heavy (non-hydrogen) atoms. The van der Waals surface area contributed by atoms with E-state index in [2.05, 4.69) is 20.6 Å². The van der Waals surface area contributed by atoms with Gasteiger partial charge in [-0.25, -0.2) is 13.4 Å². The minimum Gasteiger partial charge on any atom is -0.372 e. The van der Waals surface area contributed by atoms with Gasteiger partial charge in [0.1, 0.15) is 11.6 Å². The zero-order valence-corrected chi connectivity index (χ0v) is 11.3. The molecule has 0 spiro atoms. The molecule has 6 nitrogen and oxygen atoms in total. The molecule has 7 heteroatoms. The third-order valence-corrected chi connectivity index (χ3v) is 4.74. The summed E-state index contributed by atoms with van der Waals surface area (Å²) in [7, 11) is -1.37. The van der Waals surface area contributed by atoms with Crippen LogP contribution in [0.4, 0.5) is 11.6 Å². The summed E-state index contributed by atoms with van der Waals surface area (Å²) >= 11 is 0. The van der Waals surface area contributed by atoms with Crippen molar-refractivity contribution < 1.29 is 8.42 Å². The summed E-state index contributed by atoms with van der Waals surface area (Å²) in [4.78, 5) is 8.18. The molecule has 0 amide bonds. The minimum atomic E-state index is -3.11. The topological polar surface area (TPSA) is 84.0 Å². The second-order valence-electron chi connectivity index (χ2n) is 4.42. The Morgan fingerprint density at radius 1 is 1.29 bits per heavy atom. The van der Waals surface area contributed by atoms with Crippen molar-refractivity contribution in [1.29, 1.82) is 0 Å². The summed E-state index contributed by atoms with van der Waals surface area (Å²) < 4.78 is 22.2. The summed E-state index contributed by atoms with van der Waals surface area (Å²) in [6, 6.07) is 0. The Morgan fingerprint density at radius 2 is 1.88 bits per heavy atom. The van der Waals surface area contributed by atoms with E-state index in [4.69, 9.17) is 0 Å². The molecule has 0 saturated carbocycles. The third kappa shape index (κ3) is 3.55. The Hall–Kier alpha value is -1.37. The smallest absolute Gasteiger partial charge is 0.154 e. The molecule has 1 aromatic rings. The highest BCUT2D eigenvalue weighted by Crippen LogP contribution is 2.16.